The highest BCUT2D eigenvalue weighted by molar-refractivity contribution is 6.07. The number of ether oxygens (including phenoxy) is 1. The topological polar surface area (TPSA) is 31.2 Å². The average molecular weight is 289 g/mol. The van der Waals surface area contributed by atoms with Gasteiger partial charge in [-0.2, -0.15) is 0 Å². The Bertz CT molecular complexity index is 893. The van der Waals surface area contributed by atoms with Crippen LogP contribution in [0.25, 0.3) is 10.9 Å². The zero-order valence-corrected chi connectivity index (χ0v) is 12.5. The standard InChI is InChI=1S/C19H15NO2/c1-14(21)18-13-20(19-6-4-3-5-17(18)19)12-11-15-7-9-16(22-2)10-8-15/h3-10,13H,1-2H3. The minimum Gasteiger partial charge on any atom is -0.497 e. The van der Waals surface area contributed by atoms with Crippen molar-refractivity contribution < 1.29 is 9.53 Å². The predicted octanol–water partition coefficient (Wildman–Crippen LogP) is 3.71. The quantitative estimate of drug-likeness (QED) is 0.532. The Kier molecular flexibility index (Phi) is 3.67. The summed E-state index contributed by atoms with van der Waals surface area (Å²) in [4.78, 5) is 11.7. The summed E-state index contributed by atoms with van der Waals surface area (Å²) in [6.07, 6.45) is 1.80. The van der Waals surface area contributed by atoms with Crippen molar-refractivity contribution >= 4 is 16.7 Å². The average Bonchev–Trinajstić information content (AvgIpc) is 2.92. The molecule has 0 saturated heterocycles. The molecule has 108 valence electrons. The number of nitrogens with zero attached hydrogens (tertiary/aromatic N) is 1. The van der Waals surface area contributed by atoms with Gasteiger partial charge >= 0.3 is 0 Å². The first-order valence-electron chi connectivity index (χ1n) is 6.96. The van der Waals surface area contributed by atoms with Crippen LogP contribution in [0.15, 0.2) is 54.7 Å². The van der Waals surface area contributed by atoms with E-state index in [1.54, 1.807) is 24.8 Å². The van der Waals surface area contributed by atoms with Crippen LogP contribution in [0.3, 0.4) is 0 Å². The van der Waals surface area contributed by atoms with Gasteiger partial charge in [0.25, 0.3) is 0 Å². The lowest BCUT2D eigenvalue weighted by Gasteiger charge is -1.97. The zero-order chi connectivity index (χ0) is 15.5. The first-order valence-corrected chi connectivity index (χ1v) is 6.96. The van der Waals surface area contributed by atoms with Crippen molar-refractivity contribution in [1.82, 2.24) is 4.57 Å². The van der Waals surface area contributed by atoms with Gasteiger partial charge in [0.05, 0.1) is 12.6 Å². The lowest BCUT2D eigenvalue weighted by atomic mass is 10.1. The van der Waals surface area contributed by atoms with Crippen molar-refractivity contribution in [3.8, 4) is 17.7 Å². The van der Waals surface area contributed by atoms with Crippen LogP contribution in [0.2, 0.25) is 0 Å². The van der Waals surface area contributed by atoms with Gasteiger partial charge in [0.15, 0.2) is 5.78 Å². The minimum atomic E-state index is 0.0428. The highest BCUT2D eigenvalue weighted by atomic mass is 16.5. The molecule has 1 heterocycles. The summed E-state index contributed by atoms with van der Waals surface area (Å²) in [6, 6.07) is 18.4. The normalized spacial score (nSPS) is 10.1. The van der Waals surface area contributed by atoms with Gasteiger partial charge in [-0.05, 0) is 43.2 Å². The lowest BCUT2D eigenvalue weighted by molar-refractivity contribution is 0.101. The number of aromatic nitrogens is 1. The van der Waals surface area contributed by atoms with E-state index in [1.165, 1.54) is 0 Å². The van der Waals surface area contributed by atoms with Crippen molar-refractivity contribution in [2.45, 2.75) is 6.92 Å². The monoisotopic (exact) mass is 289 g/mol. The van der Waals surface area contributed by atoms with Gasteiger partial charge in [-0.1, -0.05) is 18.2 Å². The third-order valence-electron chi connectivity index (χ3n) is 3.50. The van der Waals surface area contributed by atoms with Gasteiger partial charge in [-0.25, -0.2) is 0 Å². The molecule has 0 aliphatic rings. The molecular formula is C19H15NO2. The highest BCUT2D eigenvalue weighted by Crippen LogP contribution is 2.21. The largest absolute Gasteiger partial charge is 0.497 e. The van der Waals surface area contributed by atoms with Crippen LogP contribution in [0.5, 0.6) is 5.75 Å². The van der Waals surface area contributed by atoms with Crippen LogP contribution < -0.4 is 4.74 Å². The van der Waals surface area contributed by atoms with E-state index in [0.717, 1.165) is 22.2 Å². The van der Waals surface area contributed by atoms with E-state index in [9.17, 15) is 4.79 Å². The smallest absolute Gasteiger partial charge is 0.161 e. The van der Waals surface area contributed by atoms with Crippen LogP contribution in [0, 0.1) is 12.0 Å². The van der Waals surface area contributed by atoms with Crippen LogP contribution in [-0.4, -0.2) is 17.5 Å². The Balaban J connectivity index is 2.04. The maximum absolute atomic E-state index is 11.7. The van der Waals surface area contributed by atoms with Gasteiger partial charge in [-0.3, -0.25) is 9.36 Å². The molecule has 3 heteroatoms. The zero-order valence-electron chi connectivity index (χ0n) is 12.5. The molecule has 0 atom stereocenters. The molecule has 3 nitrogen and oxygen atoms in total. The number of hydrogen-bond acceptors (Lipinski definition) is 2. The Morgan fingerprint density at radius 3 is 2.50 bits per heavy atom. The Morgan fingerprint density at radius 2 is 1.82 bits per heavy atom. The molecule has 0 spiro atoms. The second-order valence-corrected chi connectivity index (χ2v) is 4.95. The fourth-order valence-corrected chi connectivity index (χ4v) is 2.35. The number of carbonyl (C=O) groups excluding carboxylic acids is 1. The second kappa shape index (κ2) is 5.79. The van der Waals surface area contributed by atoms with Gasteiger partial charge in [0.2, 0.25) is 0 Å². The number of fused-ring (bicyclic) bond motifs is 1. The molecule has 0 saturated carbocycles. The number of benzene rings is 2. The van der Waals surface area contributed by atoms with E-state index in [-0.39, 0.29) is 5.78 Å². The molecule has 0 aliphatic carbocycles. The van der Waals surface area contributed by atoms with E-state index in [1.807, 2.05) is 48.5 Å². The molecule has 0 N–H and O–H groups in total. The highest BCUT2D eigenvalue weighted by Gasteiger charge is 2.10. The number of rotatable bonds is 2. The molecule has 0 aliphatic heterocycles. The number of para-hydroxylation sites is 1. The van der Waals surface area contributed by atoms with Gasteiger partial charge < -0.3 is 4.74 Å². The molecule has 1 aromatic heterocycles. The van der Waals surface area contributed by atoms with Crippen LogP contribution >= 0.6 is 0 Å². The third kappa shape index (κ3) is 2.59. The Morgan fingerprint density at radius 1 is 1.09 bits per heavy atom. The fourth-order valence-electron chi connectivity index (χ4n) is 2.35. The van der Waals surface area contributed by atoms with E-state index in [0.29, 0.717) is 5.56 Å². The van der Waals surface area contributed by atoms with Crippen LogP contribution in [0.1, 0.15) is 22.8 Å². The summed E-state index contributed by atoms with van der Waals surface area (Å²) < 4.78 is 6.93. The first kappa shape index (κ1) is 14.0. The molecule has 0 unspecified atom stereocenters. The van der Waals surface area contributed by atoms with Crippen molar-refractivity contribution in [3.63, 3.8) is 0 Å². The summed E-state index contributed by atoms with van der Waals surface area (Å²) >= 11 is 0. The molecule has 3 rings (SSSR count). The summed E-state index contributed by atoms with van der Waals surface area (Å²) in [6.45, 7) is 1.57. The van der Waals surface area contributed by atoms with Crippen molar-refractivity contribution in [2.24, 2.45) is 0 Å². The van der Waals surface area contributed by atoms with E-state index in [2.05, 4.69) is 12.0 Å². The molecule has 0 fully saturated rings. The molecule has 0 radical (unpaired) electrons. The van der Waals surface area contributed by atoms with Crippen LogP contribution in [0.4, 0.5) is 0 Å². The number of methoxy groups -OCH3 is 1. The molecule has 22 heavy (non-hydrogen) atoms. The van der Waals surface area contributed by atoms with E-state index in [4.69, 9.17) is 4.74 Å². The Hall–Kier alpha value is -2.99. The Labute approximate surface area is 129 Å². The number of Topliss-reactive ketones (excluding diaryl/α,β-unsaturated/α-hetero) is 1. The van der Waals surface area contributed by atoms with Gasteiger partial charge in [0, 0.05) is 28.8 Å². The summed E-state index contributed by atoms with van der Waals surface area (Å²) in [5.74, 6) is 3.95. The summed E-state index contributed by atoms with van der Waals surface area (Å²) in [7, 11) is 1.63. The van der Waals surface area contributed by atoms with Gasteiger partial charge in [-0.15, -0.1) is 0 Å². The van der Waals surface area contributed by atoms with Gasteiger partial charge in [0.1, 0.15) is 5.75 Å². The fraction of sp³-hybridized carbons (Fsp3) is 0.105. The first-order chi connectivity index (χ1) is 10.7. The number of ketones is 1. The summed E-state index contributed by atoms with van der Waals surface area (Å²) in [5.41, 5.74) is 2.52. The van der Waals surface area contributed by atoms with Crippen LogP contribution in [-0.2, 0) is 0 Å². The molecule has 3 aromatic rings. The van der Waals surface area contributed by atoms with E-state index < -0.39 is 0 Å². The predicted molar refractivity (Wildman–Crippen MR) is 87.2 cm³/mol. The minimum absolute atomic E-state index is 0.0428. The molecular weight excluding hydrogens is 274 g/mol. The maximum Gasteiger partial charge on any atom is 0.161 e. The number of hydrogen-bond donors (Lipinski definition) is 0. The number of carbonyl (C=O) groups is 1. The van der Waals surface area contributed by atoms with Crippen molar-refractivity contribution in [3.05, 3.63) is 65.9 Å². The molecule has 0 bridgehead atoms. The SMILES string of the molecule is COc1ccc(C#Cn2cc(C(C)=O)c3ccccc32)cc1. The van der Waals surface area contributed by atoms with Crippen molar-refractivity contribution in [1.29, 1.82) is 0 Å². The van der Waals surface area contributed by atoms with E-state index >= 15 is 0 Å². The molecule has 0 amide bonds. The summed E-state index contributed by atoms with van der Waals surface area (Å²) in [5, 5.41) is 0.930. The lowest BCUT2D eigenvalue weighted by Crippen LogP contribution is -1.89. The maximum atomic E-state index is 11.7. The third-order valence-corrected chi connectivity index (χ3v) is 3.50. The van der Waals surface area contributed by atoms with Crippen molar-refractivity contribution in [2.75, 3.05) is 7.11 Å². The second-order valence-electron chi connectivity index (χ2n) is 4.95. The molecule has 2 aromatic carbocycles.